The molecule has 0 aromatic heterocycles. The highest BCUT2D eigenvalue weighted by atomic mass is 35.5. The van der Waals surface area contributed by atoms with Gasteiger partial charge in [-0.05, 0) is 17.4 Å². The van der Waals surface area contributed by atoms with Crippen molar-refractivity contribution in [1.82, 2.24) is 4.90 Å². The zero-order valence-electron chi connectivity index (χ0n) is 11.6. The van der Waals surface area contributed by atoms with E-state index < -0.39 is 0 Å². The number of hydrogen-bond acceptors (Lipinski definition) is 2. The van der Waals surface area contributed by atoms with Gasteiger partial charge in [-0.15, -0.1) is 12.4 Å². The van der Waals surface area contributed by atoms with Gasteiger partial charge >= 0.3 is 0 Å². The number of rotatable bonds is 3. The predicted molar refractivity (Wildman–Crippen MR) is 80.2 cm³/mol. The van der Waals surface area contributed by atoms with Crippen LogP contribution in [-0.4, -0.2) is 23.9 Å². The van der Waals surface area contributed by atoms with Crippen LogP contribution in [-0.2, 0) is 4.79 Å². The van der Waals surface area contributed by atoms with Crippen molar-refractivity contribution in [2.45, 2.75) is 32.7 Å². The summed E-state index contributed by atoms with van der Waals surface area (Å²) < 4.78 is 0. The molecule has 1 heterocycles. The molecule has 4 heteroatoms. The van der Waals surface area contributed by atoms with Crippen LogP contribution in [0.25, 0.3) is 0 Å². The molecule has 1 aromatic carbocycles. The lowest BCUT2D eigenvalue weighted by molar-refractivity contribution is -0.130. The Morgan fingerprint density at radius 2 is 2.00 bits per heavy atom. The first-order chi connectivity index (χ1) is 8.48. The smallest absolute Gasteiger partial charge is 0.224 e. The van der Waals surface area contributed by atoms with E-state index in [1.165, 1.54) is 0 Å². The zero-order valence-corrected chi connectivity index (χ0v) is 12.5. The molecule has 1 aromatic rings. The molecule has 1 atom stereocenters. The van der Waals surface area contributed by atoms with Gasteiger partial charge in [0.05, 0.1) is 0 Å². The van der Waals surface area contributed by atoms with Crippen molar-refractivity contribution in [1.29, 1.82) is 0 Å². The van der Waals surface area contributed by atoms with Gasteiger partial charge in [0, 0.05) is 25.6 Å². The van der Waals surface area contributed by atoms with Crippen LogP contribution in [0.5, 0.6) is 0 Å². The number of hydrogen-bond donors (Lipinski definition) is 1. The average molecular weight is 283 g/mol. The summed E-state index contributed by atoms with van der Waals surface area (Å²) in [6, 6.07) is 9.64. The molecule has 2 rings (SSSR count). The van der Waals surface area contributed by atoms with E-state index in [2.05, 4.69) is 13.8 Å². The first-order valence-electron chi connectivity index (χ1n) is 6.56. The minimum atomic E-state index is -0.192. The molecular weight excluding hydrogens is 260 g/mol. The van der Waals surface area contributed by atoms with Crippen LogP contribution >= 0.6 is 12.4 Å². The van der Waals surface area contributed by atoms with Crippen molar-refractivity contribution in [3.63, 3.8) is 0 Å². The molecule has 1 aliphatic heterocycles. The summed E-state index contributed by atoms with van der Waals surface area (Å²) in [6.07, 6.45) is 1.49. The normalized spacial score (nSPS) is 18.8. The molecule has 1 amide bonds. The van der Waals surface area contributed by atoms with Crippen LogP contribution in [0.1, 0.15) is 38.3 Å². The fourth-order valence-electron chi connectivity index (χ4n) is 2.46. The van der Waals surface area contributed by atoms with Crippen molar-refractivity contribution in [2.24, 2.45) is 11.1 Å². The Morgan fingerprint density at radius 1 is 1.37 bits per heavy atom. The third-order valence-corrected chi connectivity index (χ3v) is 3.65. The fraction of sp³-hybridized carbons (Fsp3) is 0.533. The number of benzene rings is 1. The second kappa shape index (κ2) is 6.40. The third kappa shape index (κ3) is 4.22. The lowest BCUT2D eigenvalue weighted by Crippen LogP contribution is -2.32. The number of likely N-dealkylation sites (tertiary alicyclic amines) is 1. The zero-order chi connectivity index (χ0) is 13.2. The molecule has 3 nitrogen and oxygen atoms in total. The molecule has 0 spiro atoms. The molecule has 0 aliphatic carbocycles. The topological polar surface area (TPSA) is 46.3 Å². The van der Waals surface area contributed by atoms with Crippen molar-refractivity contribution >= 4 is 18.3 Å². The SMILES string of the molecule is CC1(C)CCN(C(=O)CC(N)c2ccccc2)C1.Cl. The summed E-state index contributed by atoms with van der Waals surface area (Å²) in [5, 5.41) is 0. The largest absolute Gasteiger partial charge is 0.342 e. The standard InChI is InChI=1S/C15H22N2O.ClH/c1-15(2)8-9-17(11-15)14(18)10-13(16)12-6-4-3-5-7-12;/h3-7,13H,8-11,16H2,1-2H3;1H. The number of nitrogens with zero attached hydrogens (tertiary/aromatic N) is 1. The lowest BCUT2D eigenvalue weighted by Gasteiger charge is -2.21. The Hall–Kier alpha value is -1.06. The van der Waals surface area contributed by atoms with Gasteiger partial charge < -0.3 is 10.6 Å². The van der Waals surface area contributed by atoms with Gasteiger partial charge in [0.1, 0.15) is 0 Å². The highest BCUT2D eigenvalue weighted by Gasteiger charge is 2.32. The molecule has 2 N–H and O–H groups in total. The Bertz CT molecular complexity index is 419. The number of carbonyl (C=O) groups is 1. The van der Waals surface area contributed by atoms with Crippen LogP contribution < -0.4 is 5.73 Å². The van der Waals surface area contributed by atoms with Gasteiger partial charge in [0.15, 0.2) is 0 Å². The predicted octanol–water partition coefficient (Wildman–Crippen LogP) is 2.76. The van der Waals surface area contributed by atoms with Crippen LogP contribution in [0, 0.1) is 5.41 Å². The van der Waals surface area contributed by atoms with Gasteiger partial charge in [0.25, 0.3) is 0 Å². The van der Waals surface area contributed by atoms with Crippen LogP contribution in [0.4, 0.5) is 0 Å². The van der Waals surface area contributed by atoms with E-state index in [9.17, 15) is 4.79 Å². The second-order valence-corrected chi connectivity index (χ2v) is 5.95. The monoisotopic (exact) mass is 282 g/mol. The first-order valence-corrected chi connectivity index (χ1v) is 6.56. The van der Waals surface area contributed by atoms with E-state index in [0.717, 1.165) is 25.1 Å². The molecule has 1 fully saturated rings. The second-order valence-electron chi connectivity index (χ2n) is 5.95. The van der Waals surface area contributed by atoms with E-state index in [0.29, 0.717) is 6.42 Å². The van der Waals surface area contributed by atoms with E-state index in [4.69, 9.17) is 5.73 Å². The van der Waals surface area contributed by atoms with Crippen molar-refractivity contribution in [3.8, 4) is 0 Å². The van der Waals surface area contributed by atoms with Crippen LogP contribution in [0.2, 0.25) is 0 Å². The summed E-state index contributed by atoms with van der Waals surface area (Å²) in [5.74, 6) is 0.178. The molecule has 0 radical (unpaired) electrons. The molecule has 1 unspecified atom stereocenters. The Balaban J connectivity index is 0.00000180. The van der Waals surface area contributed by atoms with Gasteiger partial charge in [-0.3, -0.25) is 4.79 Å². The maximum Gasteiger partial charge on any atom is 0.224 e. The lowest BCUT2D eigenvalue weighted by atomic mass is 9.93. The summed E-state index contributed by atoms with van der Waals surface area (Å²) in [6.45, 7) is 6.13. The molecule has 1 saturated heterocycles. The first kappa shape index (κ1) is 16.0. The Labute approximate surface area is 121 Å². The number of nitrogens with two attached hydrogens (primary N) is 1. The number of carbonyl (C=O) groups excluding carboxylic acids is 1. The van der Waals surface area contributed by atoms with Gasteiger partial charge in [-0.1, -0.05) is 44.2 Å². The fourth-order valence-corrected chi connectivity index (χ4v) is 2.46. The minimum Gasteiger partial charge on any atom is -0.342 e. The van der Waals surface area contributed by atoms with Crippen molar-refractivity contribution in [2.75, 3.05) is 13.1 Å². The molecule has 0 saturated carbocycles. The molecule has 106 valence electrons. The van der Waals surface area contributed by atoms with Crippen molar-refractivity contribution < 1.29 is 4.79 Å². The molecular formula is C15H23ClN2O. The highest BCUT2D eigenvalue weighted by molar-refractivity contribution is 5.85. The maximum atomic E-state index is 12.2. The minimum absolute atomic E-state index is 0. The van der Waals surface area contributed by atoms with Crippen molar-refractivity contribution in [3.05, 3.63) is 35.9 Å². The number of halogens is 1. The molecule has 0 bridgehead atoms. The highest BCUT2D eigenvalue weighted by Crippen LogP contribution is 2.29. The van der Waals surface area contributed by atoms with E-state index in [1.54, 1.807) is 0 Å². The summed E-state index contributed by atoms with van der Waals surface area (Å²) in [7, 11) is 0. The van der Waals surface area contributed by atoms with E-state index in [-0.39, 0.29) is 29.8 Å². The van der Waals surface area contributed by atoms with Crippen LogP contribution in [0.15, 0.2) is 30.3 Å². The Kier molecular flexibility index (Phi) is 5.39. The summed E-state index contributed by atoms with van der Waals surface area (Å²) in [4.78, 5) is 14.1. The molecule has 19 heavy (non-hydrogen) atoms. The van der Waals surface area contributed by atoms with E-state index in [1.807, 2.05) is 35.2 Å². The Morgan fingerprint density at radius 3 is 2.53 bits per heavy atom. The van der Waals surface area contributed by atoms with Gasteiger partial charge in [-0.2, -0.15) is 0 Å². The average Bonchev–Trinajstić information content (AvgIpc) is 2.71. The maximum absolute atomic E-state index is 12.2. The molecule has 1 aliphatic rings. The van der Waals surface area contributed by atoms with E-state index >= 15 is 0 Å². The summed E-state index contributed by atoms with van der Waals surface area (Å²) >= 11 is 0. The third-order valence-electron chi connectivity index (χ3n) is 3.65. The summed E-state index contributed by atoms with van der Waals surface area (Å²) in [5.41, 5.74) is 7.37. The van der Waals surface area contributed by atoms with Crippen LogP contribution in [0.3, 0.4) is 0 Å². The number of amides is 1. The van der Waals surface area contributed by atoms with Gasteiger partial charge in [-0.25, -0.2) is 0 Å². The quantitative estimate of drug-likeness (QED) is 0.927. The van der Waals surface area contributed by atoms with Gasteiger partial charge in [0.2, 0.25) is 5.91 Å².